The van der Waals surface area contributed by atoms with Gasteiger partial charge in [-0.05, 0) is 39.4 Å². The van der Waals surface area contributed by atoms with Crippen LogP contribution in [0.5, 0.6) is 0 Å². The van der Waals surface area contributed by atoms with E-state index in [0.717, 1.165) is 19.1 Å². The summed E-state index contributed by atoms with van der Waals surface area (Å²) in [5, 5.41) is 3.36. The van der Waals surface area contributed by atoms with E-state index >= 15 is 0 Å². The van der Waals surface area contributed by atoms with Crippen molar-refractivity contribution in [2.45, 2.75) is 38.1 Å². The van der Waals surface area contributed by atoms with Crippen LogP contribution in [0.25, 0.3) is 0 Å². The zero-order valence-electron chi connectivity index (χ0n) is 11.5. The molecule has 0 aromatic rings. The van der Waals surface area contributed by atoms with Crippen LogP contribution < -0.4 is 5.32 Å². The van der Waals surface area contributed by atoms with Crippen LogP contribution in [-0.2, 0) is 4.79 Å². The Morgan fingerprint density at radius 2 is 2.12 bits per heavy atom. The van der Waals surface area contributed by atoms with Crippen LogP contribution in [0, 0.1) is 0 Å². The number of nitrogens with zero attached hydrogens (tertiary/aromatic N) is 2. The molecule has 4 heteroatoms. The van der Waals surface area contributed by atoms with Crippen LogP contribution in [0.3, 0.4) is 0 Å². The summed E-state index contributed by atoms with van der Waals surface area (Å²) in [4.78, 5) is 15.5. The Bertz CT molecular complexity index is 231. The predicted molar refractivity (Wildman–Crippen MR) is 71.1 cm³/mol. The highest BCUT2D eigenvalue weighted by Gasteiger charge is 2.17. The van der Waals surface area contributed by atoms with Crippen molar-refractivity contribution in [1.29, 1.82) is 0 Å². The minimum absolute atomic E-state index is 0.201. The number of hydrogen-bond acceptors (Lipinski definition) is 3. The van der Waals surface area contributed by atoms with Gasteiger partial charge in [-0.25, -0.2) is 0 Å². The zero-order chi connectivity index (χ0) is 12.7. The Labute approximate surface area is 105 Å². The second-order valence-electron chi connectivity index (χ2n) is 5.21. The summed E-state index contributed by atoms with van der Waals surface area (Å²) in [5.41, 5.74) is 0. The summed E-state index contributed by atoms with van der Waals surface area (Å²) < 4.78 is 0. The Morgan fingerprint density at radius 3 is 2.76 bits per heavy atom. The van der Waals surface area contributed by atoms with Gasteiger partial charge in [0, 0.05) is 33.1 Å². The molecule has 100 valence electrons. The summed E-state index contributed by atoms with van der Waals surface area (Å²) in [6.07, 6.45) is 5.85. The van der Waals surface area contributed by atoms with Crippen molar-refractivity contribution in [3.05, 3.63) is 0 Å². The highest BCUT2D eigenvalue weighted by Crippen LogP contribution is 2.16. The molecule has 17 heavy (non-hydrogen) atoms. The molecular formula is C13H27N3O. The second kappa shape index (κ2) is 7.67. The van der Waals surface area contributed by atoms with E-state index in [4.69, 9.17) is 0 Å². The standard InChI is InChI=1S/C13H27N3O/c1-15(2)13(17)8-10-14-9-7-12-6-4-5-11-16(12)3/h12,14H,4-11H2,1-3H3. The lowest BCUT2D eigenvalue weighted by Gasteiger charge is -2.32. The van der Waals surface area contributed by atoms with Crippen molar-refractivity contribution in [1.82, 2.24) is 15.1 Å². The number of hydrogen-bond donors (Lipinski definition) is 1. The fourth-order valence-electron chi connectivity index (χ4n) is 2.32. The van der Waals surface area contributed by atoms with Gasteiger partial charge in [0.15, 0.2) is 0 Å². The third kappa shape index (κ3) is 5.50. The first kappa shape index (κ1) is 14.5. The summed E-state index contributed by atoms with van der Waals surface area (Å²) in [5.74, 6) is 0.201. The second-order valence-corrected chi connectivity index (χ2v) is 5.21. The lowest BCUT2D eigenvalue weighted by Crippen LogP contribution is -2.38. The van der Waals surface area contributed by atoms with E-state index < -0.39 is 0 Å². The minimum Gasteiger partial charge on any atom is -0.349 e. The molecular weight excluding hydrogens is 214 g/mol. The summed E-state index contributed by atoms with van der Waals surface area (Å²) in [6, 6.07) is 0.737. The normalized spacial score (nSPS) is 21.5. The number of likely N-dealkylation sites (tertiary alicyclic amines) is 1. The van der Waals surface area contributed by atoms with Gasteiger partial charge in [-0.15, -0.1) is 0 Å². The average molecular weight is 241 g/mol. The fourth-order valence-corrected chi connectivity index (χ4v) is 2.32. The van der Waals surface area contributed by atoms with E-state index in [1.54, 1.807) is 19.0 Å². The van der Waals surface area contributed by atoms with Gasteiger partial charge in [0.25, 0.3) is 0 Å². The Kier molecular flexibility index (Phi) is 6.52. The molecule has 0 aromatic heterocycles. The molecule has 1 N–H and O–H groups in total. The van der Waals surface area contributed by atoms with Gasteiger partial charge >= 0.3 is 0 Å². The first-order valence-corrected chi connectivity index (χ1v) is 6.72. The molecule has 0 aliphatic carbocycles. The van der Waals surface area contributed by atoms with Gasteiger partial charge in [0.05, 0.1) is 0 Å². The Hall–Kier alpha value is -0.610. The lowest BCUT2D eigenvalue weighted by molar-refractivity contribution is -0.128. The van der Waals surface area contributed by atoms with Crippen molar-refractivity contribution in [2.24, 2.45) is 0 Å². The molecule has 1 unspecified atom stereocenters. The van der Waals surface area contributed by atoms with Crippen LogP contribution in [0.1, 0.15) is 32.1 Å². The van der Waals surface area contributed by atoms with Crippen LogP contribution in [0.4, 0.5) is 0 Å². The van der Waals surface area contributed by atoms with Crippen molar-refractivity contribution in [3.8, 4) is 0 Å². The number of rotatable bonds is 6. The molecule has 1 heterocycles. The molecule has 0 bridgehead atoms. The van der Waals surface area contributed by atoms with E-state index in [0.29, 0.717) is 6.42 Å². The largest absolute Gasteiger partial charge is 0.349 e. The molecule has 1 rings (SSSR count). The maximum atomic E-state index is 11.3. The third-order valence-corrected chi connectivity index (χ3v) is 3.59. The number of carbonyl (C=O) groups is 1. The van der Waals surface area contributed by atoms with Crippen molar-refractivity contribution in [3.63, 3.8) is 0 Å². The van der Waals surface area contributed by atoms with E-state index in [1.165, 1.54) is 32.2 Å². The monoisotopic (exact) mass is 241 g/mol. The Morgan fingerprint density at radius 1 is 1.35 bits per heavy atom. The van der Waals surface area contributed by atoms with Crippen LogP contribution >= 0.6 is 0 Å². The lowest BCUT2D eigenvalue weighted by atomic mass is 10.0. The third-order valence-electron chi connectivity index (χ3n) is 3.59. The first-order valence-electron chi connectivity index (χ1n) is 6.72. The van der Waals surface area contributed by atoms with E-state index in [1.807, 2.05) is 0 Å². The van der Waals surface area contributed by atoms with Gasteiger partial charge in [0.2, 0.25) is 5.91 Å². The molecule has 1 fully saturated rings. The van der Waals surface area contributed by atoms with Crippen LogP contribution in [0.15, 0.2) is 0 Å². The minimum atomic E-state index is 0.201. The maximum Gasteiger partial charge on any atom is 0.223 e. The summed E-state index contributed by atoms with van der Waals surface area (Å²) in [7, 11) is 5.83. The number of amides is 1. The number of nitrogens with one attached hydrogen (secondary N) is 1. The molecule has 1 amide bonds. The van der Waals surface area contributed by atoms with Gasteiger partial charge in [0.1, 0.15) is 0 Å². The Balaban J connectivity index is 2.02. The topological polar surface area (TPSA) is 35.6 Å². The van der Waals surface area contributed by atoms with Gasteiger partial charge < -0.3 is 15.1 Å². The first-order chi connectivity index (χ1) is 8.11. The van der Waals surface area contributed by atoms with Crippen molar-refractivity contribution < 1.29 is 4.79 Å². The maximum absolute atomic E-state index is 11.3. The molecule has 0 radical (unpaired) electrons. The SMILES string of the molecule is CN(C)C(=O)CCNCCC1CCCCN1C. The zero-order valence-corrected chi connectivity index (χ0v) is 11.5. The number of carbonyl (C=O) groups excluding carboxylic acids is 1. The summed E-state index contributed by atoms with van der Waals surface area (Å²) in [6.45, 7) is 3.06. The fraction of sp³-hybridized carbons (Fsp3) is 0.923. The van der Waals surface area contributed by atoms with E-state index in [9.17, 15) is 4.79 Å². The van der Waals surface area contributed by atoms with Gasteiger partial charge in [-0.2, -0.15) is 0 Å². The smallest absolute Gasteiger partial charge is 0.223 e. The average Bonchev–Trinajstić information content (AvgIpc) is 2.30. The molecule has 1 saturated heterocycles. The predicted octanol–water partition coefficient (Wildman–Crippen LogP) is 0.929. The summed E-state index contributed by atoms with van der Waals surface area (Å²) >= 11 is 0. The molecule has 1 aliphatic heterocycles. The molecule has 1 aliphatic rings. The van der Waals surface area contributed by atoms with Crippen molar-refractivity contribution in [2.75, 3.05) is 40.8 Å². The van der Waals surface area contributed by atoms with Gasteiger partial charge in [-0.1, -0.05) is 6.42 Å². The molecule has 0 saturated carbocycles. The molecule has 1 atom stereocenters. The number of piperidine rings is 1. The van der Waals surface area contributed by atoms with Crippen LogP contribution in [0.2, 0.25) is 0 Å². The van der Waals surface area contributed by atoms with E-state index in [-0.39, 0.29) is 5.91 Å². The highest BCUT2D eigenvalue weighted by molar-refractivity contribution is 5.75. The van der Waals surface area contributed by atoms with E-state index in [2.05, 4.69) is 17.3 Å². The highest BCUT2D eigenvalue weighted by atomic mass is 16.2. The molecule has 0 spiro atoms. The quantitative estimate of drug-likeness (QED) is 0.703. The van der Waals surface area contributed by atoms with Crippen molar-refractivity contribution >= 4 is 5.91 Å². The molecule has 0 aromatic carbocycles. The van der Waals surface area contributed by atoms with Gasteiger partial charge in [-0.3, -0.25) is 4.79 Å². The molecule has 4 nitrogen and oxygen atoms in total. The van der Waals surface area contributed by atoms with Crippen LogP contribution in [-0.4, -0.2) is 62.5 Å².